The molecule has 0 saturated carbocycles. The Hall–Kier alpha value is -3.78. The molecule has 0 amide bonds. The lowest BCUT2D eigenvalue weighted by Crippen LogP contribution is -2.29. The van der Waals surface area contributed by atoms with Crippen molar-refractivity contribution in [2.45, 2.75) is 39.0 Å². The van der Waals surface area contributed by atoms with E-state index in [0.717, 1.165) is 41.8 Å². The Morgan fingerprint density at radius 1 is 1.00 bits per heavy atom. The van der Waals surface area contributed by atoms with E-state index in [-0.39, 0.29) is 11.7 Å². The molecule has 1 atom stereocenters. The van der Waals surface area contributed by atoms with Gasteiger partial charge in [0.25, 0.3) is 5.56 Å². The van der Waals surface area contributed by atoms with Gasteiger partial charge in [0.1, 0.15) is 22.5 Å². The Balaban J connectivity index is 1.60. The summed E-state index contributed by atoms with van der Waals surface area (Å²) in [6.07, 6.45) is 2.01. The zero-order chi connectivity index (χ0) is 23.2. The molecule has 8 heteroatoms. The summed E-state index contributed by atoms with van der Waals surface area (Å²) in [5.41, 5.74) is 4.34. The van der Waals surface area contributed by atoms with Gasteiger partial charge in [-0.2, -0.15) is 0 Å². The molecule has 0 aliphatic carbocycles. The van der Waals surface area contributed by atoms with Crippen molar-refractivity contribution in [3.63, 3.8) is 0 Å². The van der Waals surface area contributed by atoms with Crippen LogP contribution in [0.1, 0.15) is 24.2 Å². The van der Waals surface area contributed by atoms with E-state index >= 15 is 0 Å². The highest BCUT2D eigenvalue weighted by molar-refractivity contribution is 6.04. The maximum absolute atomic E-state index is 13.8. The third-order valence-electron chi connectivity index (χ3n) is 6.55. The van der Waals surface area contributed by atoms with Gasteiger partial charge in [-0.3, -0.25) is 9.36 Å². The first-order chi connectivity index (χ1) is 16.6. The van der Waals surface area contributed by atoms with Gasteiger partial charge >= 0.3 is 0 Å². The summed E-state index contributed by atoms with van der Waals surface area (Å²) in [5, 5.41) is 0.505. The topological polar surface area (TPSA) is 84.1 Å². The lowest BCUT2D eigenvalue weighted by Gasteiger charge is -2.14. The number of hydrogen-bond donors (Lipinski definition) is 0. The van der Waals surface area contributed by atoms with Crippen LogP contribution >= 0.6 is 0 Å². The maximum atomic E-state index is 13.8. The van der Waals surface area contributed by atoms with Crippen LogP contribution in [0.3, 0.4) is 0 Å². The second-order valence-electron chi connectivity index (χ2n) is 8.73. The molecule has 3 aromatic heterocycles. The highest BCUT2D eigenvalue weighted by Crippen LogP contribution is 2.27. The van der Waals surface area contributed by atoms with Crippen molar-refractivity contribution in [1.29, 1.82) is 0 Å². The number of fused-ring (bicyclic) bond motifs is 4. The summed E-state index contributed by atoms with van der Waals surface area (Å²) in [6.45, 7) is 3.63. The predicted molar refractivity (Wildman–Crippen MR) is 130 cm³/mol. The SMILES string of the molecule is COc1ccc(Cn2c3nc4ccccc4nc3c3c(=O)n(C[C@@H]4CCCO4)c(C)nc32)cc1. The highest BCUT2D eigenvalue weighted by Gasteiger charge is 2.24. The Bertz CT molecular complexity index is 1580. The Kier molecular flexibility index (Phi) is 5.03. The van der Waals surface area contributed by atoms with E-state index in [1.165, 1.54) is 0 Å². The Morgan fingerprint density at radius 3 is 2.47 bits per heavy atom. The largest absolute Gasteiger partial charge is 0.497 e. The maximum Gasteiger partial charge on any atom is 0.265 e. The molecule has 0 bridgehead atoms. The Labute approximate surface area is 195 Å². The van der Waals surface area contributed by atoms with Crippen molar-refractivity contribution in [3.8, 4) is 5.75 Å². The van der Waals surface area contributed by atoms with Gasteiger partial charge in [0.15, 0.2) is 11.3 Å². The normalized spacial score (nSPS) is 16.1. The van der Waals surface area contributed by atoms with E-state index in [9.17, 15) is 4.79 Å². The van der Waals surface area contributed by atoms with Crippen LogP contribution in [0.4, 0.5) is 0 Å². The smallest absolute Gasteiger partial charge is 0.265 e. The molecule has 2 aromatic carbocycles. The minimum absolute atomic E-state index is 0.0372. The van der Waals surface area contributed by atoms with Crippen LogP contribution in [-0.4, -0.2) is 43.9 Å². The van der Waals surface area contributed by atoms with E-state index in [0.29, 0.717) is 41.1 Å². The van der Waals surface area contributed by atoms with Gasteiger partial charge < -0.3 is 14.0 Å². The molecular weight excluding hydrogens is 430 g/mol. The standard InChI is InChI=1S/C26H25N5O3/c1-16-27-24-22(26(32)30(16)15-19-6-5-13-34-19)23-25(29-21-8-4-3-7-20(21)28-23)31(24)14-17-9-11-18(33-2)12-10-17/h3-4,7-12,19H,5-6,13-15H2,1-2H3/t19-/m0/s1. The minimum atomic E-state index is -0.0962. The quantitative estimate of drug-likeness (QED) is 0.400. The van der Waals surface area contributed by atoms with Crippen LogP contribution < -0.4 is 10.3 Å². The van der Waals surface area contributed by atoms with E-state index < -0.39 is 0 Å². The van der Waals surface area contributed by atoms with Crippen molar-refractivity contribution in [3.05, 3.63) is 70.3 Å². The summed E-state index contributed by atoms with van der Waals surface area (Å²) < 4.78 is 14.8. The average Bonchev–Trinajstić information content (AvgIpc) is 3.47. The van der Waals surface area contributed by atoms with Gasteiger partial charge in [0.05, 0.1) is 37.3 Å². The lowest BCUT2D eigenvalue weighted by atomic mass is 10.2. The van der Waals surface area contributed by atoms with Gasteiger partial charge in [-0.05, 0) is 49.6 Å². The molecule has 6 rings (SSSR count). The summed E-state index contributed by atoms with van der Waals surface area (Å²) in [7, 11) is 1.65. The summed E-state index contributed by atoms with van der Waals surface area (Å²) in [5.74, 6) is 1.46. The first-order valence-corrected chi connectivity index (χ1v) is 11.5. The van der Waals surface area contributed by atoms with E-state index in [1.54, 1.807) is 11.7 Å². The second-order valence-corrected chi connectivity index (χ2v) is 8.73. The molecule has 5 aromatic rings. The fourth-order valence-electron chi connectivity index (χ4n) is 4.77. The monoisotopic (exact) mass is 455 g/mol. The van der Waals surface area contributed by atoms with Crippen molar-refractivity contribution >= 4 is 33.2 Å². The molecule has 0 spiro atoms. The molecular formula is C26H25N5O3. The fourth-order valence-corrected chi connectivity index (χ4v) is 4.77. The summed E-state index contributed by atoms with van der Waals surface area (Å²) in [6, 6.07) is 15.6. The number of aromatic nitrogens is 5. The lowest BCUT2D eigenvalue weighted by molar-refractivity contribution is 0.0955. The third kappa shape index (κ3) is 3.42. The number of methoxy groups -OCH3 is 1. The molecule has 0 unspecified atom stereocenters. The molecule has 1 aliphatic rings. The number of rotatable bonds is 5. The van der Waals surface area contributed by atoms with Crippen LogP contribution in [0, 0.1) is 6.92 Å². The molecule has 1 aliphatic heterocycles. The van der Waals surface area contributed by atoms with Crippen molar-refractivity contribution < 1.29 is 9.47 Å². The van der Waals surface area contributed by atoms with Crippen LogP contribution in [0.25, 0.3) is 33.2 Å². The van der Waals surface area contributed by atoms with Crippen LogP contribution in [0.15, 0.2) is 53.3 Å². The number of hydrogen-bond acceptors (Lipinski definition) is 6. The highest BCUT2D eigenvalue weighted by atomic mass is 16.5. The number of aryl methyl sites for hydroxylation is 1. The van der Waals surface area contributed by atoms with Gasteiger partial charge in [0.2, 0.25) is 0 Å². The summed E-state index contributed by atoms with van der Waals surface area (Å²) >= 11 is 0. The van der Waals surface area contributed by atoms with Gasteiger partial charge in [-0.1, -0.05) is 24.3 Å². The predicted octanol–water partition coefficient (Wildman–Crippen LogP) is 3.84. The van der Waals surface area contributed by atoms with Crippen molar-refractivity contribution in [2.75, 3.05) is 13.7 Å². The first-order valence-electron chi connectivity index (χ1n) is 11.5. The molecule has 0 N–H and O–H groups in total. The number of ether oxygens (including phenoxy) is 2. The molecule has 34 heavy (non-hydrogen) atoms. The third-order valence-corrected chi connectivity index (χ3v) is 6.55. The molecule has 8 nitrogen and oxygen atoms in total. The molecule has 0 radical (unpaired) electrons. The first kappa shape index (κ1) is 20.8. The Morgan fingerprint density at radius 2 is 1.76 bits per heavy atom. The summed E-state index contributed by atoms with van der Waals surface area (Å²) in [4.78, 5) is 28.5. The number of para-hydroxylation sites is 2. The van der Waals surface area contributed by atoms with Gasteiger partial charge in [-0.25, -0.2) is 15.0 Å². The zero-order valence-electron chi connectivity index (χ0n) is 19.2. The van der Waals surface area contributed by atoms with E-state index in [1.807, 2.05) is 60.0 Å². The van der Waals surface area contributed by atoms with E-state index in [4.69, 9.17) is 24.4 Å². The molecule has 1 saturated heterocycles. The van der Waals surface area contributed by atoms with E-state index in [2.05, 4.69) is 0 Å². The average molecular weight is 456 g/mol. The number of benzene rings is 2. The fraction of sp³-hybridized carbons (Fsp3) is 0.308. The zero-order valence-corrected chi connectivity index (χ0v) is 19.2. The molecule has 4 heterocycles. The van der Waals surface area contributed by atoms with Crippen LogP contribution in [-0.2, 0) is 17.8 Å². The minimum Gasteiger partial charge on any atom is -0.497 e. The van der Waals surface area contributed by atoms with Crippen molar-refractivity contribution in [1.82, 2.24) is 24.1 Å². The van der Waals surface area contributed by atoms with Crippen LogP contribution in [0.2, 0.25) is 0 Å². The molecule has 172 valence electrons. The van der Waals surface area contributed by atoms with Crippen LogP contribution in [0.5, 0.6) is 5.75 Å². The van der Waals surface area contributed by atoms with Crippen molar-refractivity contribution in [2.24, 2.45) is 0 Å². The molecule has 1 fully saturated rings. The second kappa shape index (κ2) is 8.22. The van der Waals surface area contributed by atoms with Gasteiger partial charge in [-0.15, -0.1) is 0 Å². The van der Waals surface area contributed by atoms with Gasteiger partial charge in [0, 0.05) is 6.61 Å². The number of nitrogens with zero attached hydrogens (tertiary/aromatic N) is 5.